The van der Waals surface area contributed by atoms with Crippen molar-refractivity contribution in [3.05, 3.63) is 23.8 Å². The van der Waals surface area contributed by atoms with Gasteiger partial charge in [-0.15, -0.1) is 0 Å². The summed E-state index contributed by atoms with van der Waals surface area (Å²) in [5.41, 5.74) is -1.29. The standard InChI is InChI=1S/C14H16N2O2/c1-13(2,17)7-5-11-9-15-10-12(16-11)6-8-14(3,4)18/h9-10,17-18H,1-4H3. The Morgan fingerprint density at radius 3 is 1.61 bits per heavy atom. The lowest BCUT2D eigenvalue weighted by atomic mass is 10.1. The average molecular weight is 244 g/mol. The van der Waals surface area contributed by atoms with E-state index in [1.807, 2.05) is 0 Å². The Kier molecular flexibility index (Phi) is 4.08. The van der Waals surface area contributed by atoms with E-state index in [0.29, 0.717) is 11.4 Å². The van der Waals surface area contributed by atoms with Crippen molar-refractivity contribution in [3.63, 3.8) is 0 Å². The number of aromatic nitrogens is 2. The van der Waals surface area contributed by atoms with Crippen molar-refractivity contribution in [3.8, 4) is 23.7 Å². The molecule has 0 saturated carbocycles. The van der Waals surface area contributed by atoms with E-state index < -0.39 is 11.2 Å². The highest BCUT2D eigenvalue weighted by Gasteiger charge is 2.07. The maximum atomic E-state index is 9.48. The van der Waals surface area contributed by atoms with Crippen LogP contribution in [-0.2, 0) is 0 Å². The Bertz CT molecular complexity index is 496. The second kappa shape index (κ2) is 5.18. The highest BCUT2D eigenvalue weighted by Crippen LogP contribution is 2.00. The number of rotatable bonds is 0. The van der Waals surface area contributed by atoms with Crippen LogP contribution in [0.25, 0.3) is 0 Å². The molecule has 0 aliphatic carbocycles. The van der Waals surface area contributed by atoms with Crippen LogP contribution in [0.5, 0.6) is 0 Å². The van der Waals surface area contributed by atoms with E-state index in [-0.39, 0.29) is 0 Å². The normalized spacial score (nSPS) is 11.0. The molecule has 0 aliphatic heterocycles. The van der Waals surface area contributed by atoms with E-state index in [4.69, 9.17) is 0 Å². The molecule has 0 bridgehead atoms. The van der Waals surface area contributed by atoms with Crippen LogP contribution in [-0.4, -0.2) is 31.4 Å². The minimum Gasteiger partial charge on any atom is -0.378 e. The molecule has 94 valence electrons. The van der Waals surface area contributed by atoms with Gasteiger partial charge in [-0.05, 0) is 39.5 Å². The monoisotopic (exact) mass is 244 g/mol. The van der Waals surface area contributed by atoms with Gasteiger partial charge in [0, 0.05) is 0 Å². The molecule has 0 spiro atoms. The number of aliphatic hydroxyl groups is 2. The smallest absolute Gasteiger partial charge is 0.133 e. The molecule has 0 aromatic carbocycles. The van der Waals surface area contributed by atoms with Crippen molar-refractivity contribution in [2.24, 2.45) is 0 Å². The number of nitrogens with zero attached hydrogens (tertiary/aromatic N) is 2. The van der Waals surface area contributed by atoms with Gasteiger partial charge < -0.3 is 10.2 Å². The molecule has 0 amide bonds. The fourth-order valence-corrected chi connectivity index (χ4v) is 0.920. The summed E-state index contributed by atoms with van der Waals surface area (Å²) in [6.07, 6.45) is 2.99. The zero-order valence-corrected chi connectivity index (χ0v) is 10.9. The maximum Gasteiger partial charge on any atom is 0.133 e. The van der Waals surface area contributed by atoms with Crippen LogP contribution in [0, 0.1) is 23.7 Å². The zero-order valence-electron chi connectivity index (χ0n) is 10.9. The SMILES string of the molecule is CC(C)(O)C#Cc1cncc(C#CC(C)(C)O)n1. The molecule has 0 unspecified atom stereocenters. The lowest BCUT2D eigenvalue weighted by molar-refractivity contribution is 0.143. The summed E-state index contributed by atoms with van der Waals surface area (Å²) < 4.78 is 0. The summed E-state index contributed by atoms with van der Waals surface area (Å²) in [6.45, 7) is 6.35. The van der Waals surface area contributed by atoms with E-state index in [0.717, 1.165) is 0 Å². The van der Waals surface area contributed by atoms with Crippen molar-refractivity contribution in [2.45, 2.75) is 38.9 Å². The molecule has 0 saturated heterocycles. The third-order valence-electron chi connectivity index (χ3n) is 1.63. The Balaban J connectivity index is 2.99. The van der Waals surface area contributed by atoms with Crippen LogP contribution in [0.15, 0.2) is 12.4 Å². The quantitative estimate of drug-likeness (QED) is 0.660. The highest BCUT2D eigenvalue weighted by molar-refractivity contribution is 5.34. The first-order chi connectivity index (χ1) is 8.16. The van der Waals surface area contributed by atoms with E-state index >= 15 is 0 Å². The minimum absolute atomic E-state index is 0.430. The topological polar surface area (TPSA) is 66.2 Å². The predicted octanol–water partition coefficient (Wildman–Crippen LogP) is 0.721. The third-order valence-corrected chi connectivity index (χ3v) is 1.63. The van der Waals surface area contributed by atoms with Crippen LogP contribution >= 0.6 is 0 Å². The summed E-state index contributed by atoms with van der Waals surface area (Å²) in [4.78, 5) is 8.10. The van der Waals surface area contributed by atoms with Gasteiger partial charge in [-0.25, -0.2) is 4.98 Å². The van der Waals surface area contributed by atoms with E-state index in [1.54, 1.807) is 27.7 Å². The minimum atomic E-state index is -1.07. The summed E-state index contributed by atoms with van der Waals surface area (Å²) in [5, 5.41) is 19.0. The maximum absolute atomic E-state index is 9.48. The molecule has 1 aromatic rings. The Labute approximate surface area is 107 Å². The van der Waals surface area contributed by atoms with Crippen molar-refractivity contribution < 1.29 is 10.2 Å². The Hall–Kier alpha value is -1.88. The van der Waals surface area contributed by atoms with Gasteiger partial charge in [0.05, 0.1) is 12.4 Å². The zero-order chi connectivity index (χ0) is 13.8. The van der Waals surface area contributed by atoms with Gasteiger partial charge in [0.15, 0.2) is 0 Å². The molecule has 1 aromatic heterocycles. The first kappa shape index (κ1) is 14.2. The molecule has 2 N–H and O–H groups in total. The first-order valence-electron chi connectivity index (χ1n) is 5.49. The van der Waals surface area contributed by atoms with Gasteiger partial charge >= 0.3 is 0 Å². The molecule has 0 radical (unpaired) electrons. The highest BCUT2D eigenvalue weighted by atomic mass is 16.3. The molecule has 1 rings (SSSR count). The lowest BCUT2D eigenvalue weighted by Gasteiger charge is -2.06. The number of hydrogen-bond donors (Lipinski definition) is 2. The van der Waals surface area contributed by atoms with Crippen LogP contribution in [0.3, 0.4) is 0 Å². The largest absolute Gasteiger partial charge is 0.378 e. The summed E-state index contributed by atoms with van der Waals surface area (Å²) in [7, 11) is 0. The van der Waals surface area contributed by atoms with Crippen molar-refractivity contribution >= 4 is 0 Å². The van der Waals surface area contributed by atoms with Crippen molar-refractivity contribution in [1.82, 2.24) is 9.97 Å². The third kappa shape index (κ3) is 6.00. The Morgan fingerprint density at radius 2 is 1.28 bits per heavy atom. The summed E-state index contributed by atoms with van der Waals surface area (Å²) in [6, 6.07) is 0. The second-order valence-corrected chi connectivity index (χ2v) is 4.91. The van der Waals surface area contributed by atoms with Crippen molar-refractivity contribution in [1.29, 1.82) is 0 Å². The van der Waals surface area contributed by atoms with Crippen LogP contribution in [0.1, 0.15) is 39.1 Å². The molecular weight excluding hydrogens is 228 g/mol. The van der Waals surface area contributed by atoms with Crippen LogP contribution in [0.2, 0.25) is 0 Å². The summed E-state index contributed by atoms with van der Waals surface area (Å²) >= 11 is 0. The van der Waals surface area contributed by atoms with Crippen molar-refractivity contribution in [2.75, 3.05) is 0 Å². The average Bonchev–Trinajstić information content (AvgIpc) is 2.22. The molecule has 18 heavy (non-hydrogen) atoms. The molecule has 4 nitrogen and oxygen atoms in total. The van der Waals surface area contributed by atoms with Crippen LogP contribution < -0.4 is 0 Å². The van der Waals surface area contributed by atoms with Gasteiger partial charge in [0.25, 0.3) is 0 Å². The molecular formula is C14H16N2O2. The molecule has 0 aliphatic rings. The van der Waals surface area contributed by atoms with Gasteiger partial charge in [-0.3, -0.25) is 4.98 Å². The van der Waals surface area contributed by atoms with E-state index in [1.165, 1.54) is 12.4 Å². The fourth-order valence-electron chi connectivity index (χ4n) is 0.920. The number of hydrogen-bond acceptors (Lipinski definition) is 4. The molecule has 4 heteroatoms. The fraction of sp³-hybridized carbons (Fsp3) is 0.429. The van der Waals surface area contributed by atoms with Gasteiger partial charge in [-0.1, -0.05) is 11.8 Å². The molecule has 1 heterocycles. The predicted molar refractivity (Wildman–Crippen MR) is 68.4 cm³/mol. The molecule has 0 fully saturated rings. The summed E-state index contributed by atoms with van der Waals surface area (Å²) in [5.74, 6) is 10.7. The first-order valence-corrected chi connectivity index (χ1v) is 5.49. The van der Waals surface area contributed by atoms with E-state index in [9.17, 15) is 10.2 Å². The molecule has 0 atom stereocenters. The lowest BCUT2D eigenvalue weighted by Crippen LogP contribution is -2.15. The van der Waals surface area contributed by atoms with E-state index in [2.05, 4.69) is 33.6 Å². The second-order valence-electron chi connectivity index (χ2n) is 4.91. The van der Waals surface area contributed by atoms with Gasteiger partial charge in [0.2, 0.25) is 0 Å². The van der Waals surface area contributed by atoms with Gasteiger partial charge in [0.1, 0.15) is 22.6 Å². The van der Waals surface area contributed by atoms with Crippen LogP contribution in [0.4, 0.5) is 0 Å². The Morgan fingerprint density at radius 1 is 0.889 bits per heavy atom. The van der Waals surface area contributed by atoms with Gasteiger partial charge in [-0.2, -0.15) is 0 Å².